The Bertz CT molecular complexity index is 200. The largest absolute Gasteiger partial charge is 0.242 e. The van der Waals surface area contributed by atoms with E-state index in [1.807, 2.05) is 13.0 Å². The lowest BCUT2D eigenvalue weighted by molar-refractivity contribution is 1.05. The van der Waals surface area contributed by atoms with Crippen LogP contribution in [0.1, 0.15) is 11.4 Å². The van der Waals surface area contributed by atoms with E-state index < -0.39 is 0 Å². The van der Waals surface area contributed by atoms with E-state index in [1.165, 1.54) is 0 Å². The molecule has 1 aromatic heterocycles. The van der Waals surface area contributed by atoms with E-state index in [1.54, 1.807) is 6.33 Å². The van der Waals surface area contributed by atoms with Crippen LogP contribution in [-0.4, -0.2) is 9.97 Å². The fourth-order valence-electron chi connectivity index (χ4n) is 0.583. The number of halogens is 1. The fourth-order valence-corrected chi connectivity index (χ4v) is 1.000. The molecule has 0 radical (unpaired) electrons. The van der Waals surface area contributed by atoms with Gasteiger partial charge in [0.1, 0.15) is 6.33 Å². The van der Waals surface area contributed by atoms with E-state index in [-0.39, 0.29) is 0 Å². The van der Waals surface area contributed by atoms with Gasteiger partial charge in [-0.25, -0.2) is 9.97 Å². The first-order valence-electron chi connectivity index (χ1n) is 2.66. The lowest BCUT2D eigenvalue weighted by Gasteiger charge is -1.92. The molecule has 0 N–H and O–H groups in total. The van der Waals surface area contributed by atoms with Crippen molar-refractivity contribution in [3.05, 3.63) is 23.8 Å². The van der Waals surface area contributed by atoms with Gasteiger partial charge in [0.15, 0.2) is 0 Å². The maximum atomic E-state index is 4.04. The normalized spacial score (nSPS) is 9.56. The summed E-state index contributed by atoms with van der Waals surface area (Å²) in [6, 6.07) is 1.99. The van der Waals surface area contributed by atoms with Crippen LogP contribution in [0.25, 0.3) is 0 Å². The zero-order chi connectivity index (χ0) is 6.69. The van der Waals surface area contributed by atoms with Crippen molar-refractivity contribution < 1.29 is 0 Å². The second-order valence-electron chi connectivity index (χ2n) is 1.78. The molecule has 0 unspecified atom stereocenters. The Morgan fingerprint density at radius 2 is 2.33 bits per heavy atom. The highest BCUT2D eigenvalue weighted by Gasteiger charge is 1.89. The van der Waals surface area contributed by atoms with Crippen molar-refractivity contribution in [1.82, 2.24) is 9.97 Å². The van der Waals surface area contributed by atoms with Crippen molar-refractivity contribution in [2.24, 2.45) is 0 Å². The fraction of sp³-hybridized carbons (Fsp3) is 0.333. The Hall–Kier alpha value is -0.190. The van der Waals surface area contributed by atoms with Crippen molar-refractivity contribution in [3.8, 4) is 0 Å². The van der Waals surface area contributed by atoms with Crippen molar-refractivity contribution in [2.75, 3.05) is 0 Å². The molecule has 48 valence electrons. The Balaban J connectivity index is 2.94. The molecule has 1 heterocycles. The molecule has 0 saturated carbocycles. The molecule has 1 rings (SSSR count). The molecule has 0 spiro atoms. The molecule has 0 aromatic carbocycles. The number of hydrogen-bond donors (Lipinski definition) is 0. The van der Waals surface area contributed by atoms with Gasteiger partial charge in [0.2, 0.25) is 0 Å². The van der Waals surface area contributed by atoms with E-state index in [0.717, 1.165) is 15.8 Å². The molecule has 0 aliphatic rings. The Labute approximate surface area is 67.9 Å². The average Bonchev–Trinajstić information content (AvgIpc) is 1.88. The first-order chi connectivity index (χ1) is 4.33. The van der Waals surface area contributed by atoms with Gasteiger partial charge in [-0.15, -0.1) is 0 Å². The van der Waals surface area contributed by atoms with Gasteiger partial charge in [-0.2, -0.15) is 0 Å². The van der Waals surface area contributed by atoms with E-state index in [4.69, 9.17) is 0 Å². The zero-order valence-electron chi connectivity index (χ0n) is 5.13. The SMILES string of the molecule is Cc1cc(CI)ncn1. The smallest absolute Gasteiger partial charge is 0.115 e. The highest BCUT2D eigenvalue weighted by molar-refractivity contribution is 14.1. The second-order valence-corrected chi connectivity index (χ2v) is 2.55. The van der Waals surface area contributed by atoms with Crippen LogP contribution in [0.3, 0.4) is 0 Å². The van der Waals surface area contributed by atoms with Crippen molar-refractivity contribution in [3.63, 3.8) is 0 Å². The summed E-state index contributed by atoms with van der Waals surface area (Å²) in [6.45, 7) is 1.97. The lowest BCUT2D eigenvalue weighted by Crippen LogP contribution is -1.87. The van der Waals surface area contributed by atoms with Crippen molar-refractivity contribution in [1.29, 1.82) is 0 Å². The minimum atomic E-state index is 0.959. The maximum absolute atomic E-state index is 4.04. The van der Waals surface area contributed by atoms with Crippen molar-refractivity contribution >= 4 is 22.6 Å². The number of aryl methyl sites for hydroxylation is 1. The molecule has 0 amide bonds. The number of alkyl halides is 1. The lowest BCUT2D eigenvalue weighted by atomic mass is 10.4. The predicted molar refractivity (Wildman–Crippen MR) is 44.5 cm³/mol. The van der Waals surface area contributed by atoms with Gasteiger partial charge < -0.3 is 0 Å². The molecule has 0 bridgehead atoms. The molecule has 0 aliphatic heterocycles. The molecule has 9 heavy (non-hydrogen) atoms. The van der Waals surface area contributed by atoms with Crippen LogP contribution in [0.4, 0.5) is 0 Å². The Morgan fingerprint density at radius 1 is 1.56 bits per heavy atom. The van der Waals surface area contributed by atoms with Crippen LogP contribution in [0.5, 0.6) is 0 Å². The van der Waals surface area contributed by atoms with Gasteiger partial charge in [-0.1, -0.05) is 22.6 Å². The third-order valence-electron chi connectivity index (χ3n) is 0.997. The molecule has 0 aliphatic carbocycles. The number of nitrogens with zero attached hydrogens (tertiary/aromatic N) is 2. The van der Waals surface area contributed by atoms with Gasteiger partial charge in [-0.05, 0) is 13.0 Å². The number of aromatic nitrogens is 2. The summed E-state index contributed by atoms with van der Waals surface area (Å²) in [4.78, 5) is 8.01. The van der Waals surface area contributed by atoms with E-state index in [9.17, 15) is 0 Å². The van der Waals surface area contributed by atoms with Crippen LogP contribution in [0, 0.1) is 6.92 Å². The predicted octanol–water partition coefficient (Wildman–Crippen LogP) is 1.72. The highest BCUT2D eigenvalue weighted by atomic mass is 127. The summed E-state index contributed by atoms with van der Waals surface area (Å²) in [5.74, 6) is 0. The van der Waals surface area contributed by atoms with Crippen LogP contribution in [0.2, 0.25) is 0 Å². The summed E-state index contributed by atoms with van der Waals surface area (Å²) >= 11 is 2.28. The van der Waals surface area contributed by atoms with Gasteiger partial charge >= 0.3 is 0 Å². The van der Waals surface area contributed by atoms with E-state index in [0.29, 0.717) is 0 Å². The van der Waals surface area contributed by atoms with Crippen LogP contribution in [0.15, 0.2) is 12.4 Å². The van der Waals surface area contributed by atoms with Gasteiger partial charge in [0.25, 0.3) is 0 Å². The zero-order valence-corrected chi connectivity index (χ0v) is 7.29. The maximum Gasteiger partial charge on any atom is 0.115 e. The van der Waals surface area contributed by atoms with E-state index in [2.05, 4.69) is 32.6 Å². The molecular formula is C6H7IN2. The molecular weight excluding hydrogens is 227 g/mol. The summed E-state index contributed by atoms with van der Waals surface area (Å²) in [5, 5.41) is 0. The summed E-state index contributed by atoms with van der Waals surface area (Å²) in [5.41, 5.74) is 2.14. The molecule has 1 aromatic rings. The summed E-state index contributed by atoms with van der Waals surface area (Å²) in [7, 11) is 0. The molecule has 0 fully saturated rings. The first kappa shape index (κ1) is 6.92. The van der Waals surface area contributed by atoms with Gasteiger partial charge in [0, 0.05) is 10.1 Å². The molecule has 3 heteroatoms. The van der Waals surface area contributed by atoms with Gasteiger partial charge in [0.05, 0.1) is 5.69 Å². The third-order valence-corrected chi connectivity index (χ3v) is 1.78. The monoisotopic (exact) mass is 234 g/mol. The Morgan fingerprint density at radius 3 is 2.78 bits per heavy atom. The van der Waals surface area contributed by atoms with Crippen LogP contribution in [-0.2, 0) is 4.43 Å². The topological polar surface area (TPSA) is 25.8 Å². The number of hydrogen-bond acceptors (Lipinski definition) is 2. The molecule has 0 atom stereocenters. The van der Waals surface area contributed by atoms with Crippen LogP contribution < -0.4 is 0 Å². The second kappa shape index (κ2) is 3.10. The highest BCUT2D eigenvalue weighted by Crippen LogP contribution is 2.01. The molecule has 0 saturated heterocycles. The van der Waals surface area contributed by atoms with Gasteiger partial charge in [-0.3, -0.25) is 0 Å². The average molecular weight is 234 g/mol. The Kier molecular flexibility index (Phi) is 2.38. The van der Waals surface area contributed by atoms with Crippen molar-refractivity contribution in [2.45, 2.75) is 11.4 Å². The number of rotatable bonds is 1. The minimum absolute atomic E-state index is 0.959. The quantitative estimate of drug-likeness (QED) is 0.546. The minimum Gasteiger partial charge on any atom is -0.242 e. The van der Waals surface area contributed by atoms with E-state index >= 15 is 0 Å². The first-order valence-corrected chi connectivity index (χ1v) is 4.19. The van der Waals surface area contributed by atoms with Crippen LogP contribution >= 0.6 is 22.6 Å². The summed E-state index contributed by atoms with van der Waals surface area (Å²) < 4.78 is 0.959. The standard InChI is InChI=1S/C6H7IN2/c1-5-2-6(3-7)9-4-8-5/h2,4H,3H2,1H3. The molecule has 2 nitrogen and oxygen atoms in total. The summed E-state index contributed by atoms with van der Waals surface area (Å²) in [6.07, 6.45) is 1.60. The third kappa shape index (κ3) is 1.89.